The van der Waals surface area contributed by atoms with Gasteiger partial charge in [0, 0.05) is 7.05 Å². The molecule has 1 amide bonds. The van der Waals surface area contributed by atoms with Crippen molar-refractivity contribution >= 4 is 11.9 Å². The van der Waals surface area contributed by atoms with Crippen LogP contribution in [-0.2, 0) is 6.18 Å². The van der Waals surface area contributed by atoms with Gasteiger partial charge >= 0.3 is 6.18 Å². The van der Waals surface area contributed by atoms with E-state index in [0.29, 0.717) is 6.07 Å². The number of hydrogen-bond acceptors (Lipinski definition) is 7. The number of carbonyl (C=O) groups is 1. The molecule has 24 heavy (non-hydrogen) atoms. The zero-order chi connectivity index (χ0) is 17.9. The van der Waals surface area contributed by atoms with E-state index in [1.807, 2.05) is 0 Å². The standard InChI is InChI=1S/C11H12F3N9O/c1-22(16)10(21-15)20-9(24)6-2-3-7(11(12,13)14)19-8(6)23-5-17-4-18-23/h2-5H,15-16H2,1H3,(H,20,21,24). The van der Waals surface area contributed by atoms with Crippen LogP contribution in [0.4, 0.5) is 13.2 Å². The van der Waals surface area contributed by atoms with Crippen LogP contribution >= 0.6 is 0 Å². The monoisotopic (exact) mass is 343 g/mol. The summed E-state index contributed by atoms with van der Waals surface area (Å²) in [4.78, 5) is 19.4. The fourth-order valence-electron chi connectivity index (χ4n) is 1.66. The molecular formula is C11H12F3N9O. The molecule has 0 saturated heterocycles. The number of aromatic nitrogens is 4. The van der Waals surface area contributed by atoms with E-state index in [2.05, 4.69) is 25.5 Å². The number of nitrogens with one attached hydrogen (secondary N) is 1. The van der Waals surface area contributed by atoms with Gasteiger partial charge < -0.3 is 5.84 Å². The Morgan fingerprint density at radius 1 is 1.42 bits per heavy atom. The number of hydrazone groups is 1. The van der Waals surface area contributed by atoms with Gasteiger partial charge in [0.25, 0.3) is 5.91 Å². The van der Waals surface area contributed by atoms with Crippen LogP contribution in [0.2, 0.25) is 0 Å². The Balaban J connectivity index is 2.48. The van der Waals surface area contributed by atoms with Crippen LogP contribution in [0.3, 0.4) is 0 Å². The molecule has 10 nitrogen and oxygen atoms in total. The molecule has 0 aliphatic rings. The van der Waals surface area contributed by atoms with E-state index in [9.17, 15) is 18.0 Å². The van der Waals surface area contributed by atoms with Gasteiger partial charge in [-0.25, -0.2) is 20.5 Å². The first kappa shape index (κ1) is 17.1. The first-order chi connectivity index (χ1) is 11.2. The maximum absolute atomic E-state index is 12.8. The SMILES string of the molecule is CN(N)/C(=N\N)NC(=O)c1ccc(C(F)(F)F)nc1-n1cncn1. The van der Waals surface area contributed by atoms with Crippen LogP contribution in [0.25, 0.3) is 5.82 Å². The third-order valence-corrected chi connectivity index (χ3v) is 2.73. The van der Waals surface area contributed by atoms with Crippen LogP contribution in [0.15, 0.2) is 29.9 Å². The summed E-state index contributed by atoms with van der Waals surface area (Å²) in [7, 11) is 1.36. The van der Waals surface area contributed by atoms with Gasteiger partial charge in [0.05, 0.1) is 5.56 Å². The van der Waals surface area contributed by atoms with Gasteiger partial charge in [0.15, 0.2) is 5.82 Å². The number of hydrazine groups is 1. The molecule has 0 bridgehead atoms. The minimum atomic E-state index is -4.69. The molecule has 0 aliphatic heterocycles. The van der Waals surface area contributed by atoms with Crippen molar-refractivity contribution in [3.63, 3.8) is 0 Å². The lowest BCUT2D eigenvalue weighted by molar-refractivity contribution is -0.141. The highest BCUT2D eigenvalue weighted by Crippen LogP contribution is 2.28. The van der Waals surface area contributed by atoms with E-state index >= 15 is 0 Å². The maximum atomic E-state index is 12.8. The maximum Gasteiger partial charge on any atom is 0.433 e. The molecule has 0 unspecified atom stereocenters. The second-order valence-corrected chi connectivity index (χ2v) is 4.42. The average molecular weight is 343 g/mol. The average Bonchev–Trinajstić information content (AvgIpc) is 3.04. The third-order valence-electron chi connectivity index (χ3n) is 2.73. The van der Waals surface area contributed by atoms with E-state index < -0.39 is 17.8 Å². The van der Waals surface area contributed by atoms with Crippen molar-refractivity contribution in [2.45, 2.75) is 6.18 Å². The van der Waals surface area contributed by atoms with Gasteiger partial charge in [0.1, 0.15) is 18.3 Å². The van der Waals surface area contributed by atoms with Crippen molar-refractivity contribution in [2.75, 3.05) is 7.05 Å². The number of guanidine groups is 1. The van der Waals surface area contributed by atoms with Gasteiger partial charge in [-0.1, -0.05) is 0 Å². The van der Waals surface area contributed by atoms with Crippen LogP contribution in [0.1, 0.15) is 16.1 Å². The number of halogens is 3. The van der Waals surface area contributed by atoms with Crippen LogP contribution in [0.5, 0.6) is 0 Å². The molecule has 0 spiro atoms. The normalized spacial score (nSPS) is 12.1. The lowest BCUT2D eigenvalue weighted by atomic mass is 10.2. The fourth-order valence-corrected chi connectivity index (χ4v) is 1.66. The third kappa shape index (κ3) is 3.57. The Kier molecular flexibility index (Phi) is 4.64. The van der Waals surface area contributed by atoms with Crippen molar-refractivity contribution in [1.82, 2.24) is 30.1 Å². The molecule has 0 saturated carbocycles. The summed E-state index contributed by atoms with van der Waals surface area (Å²) in [5, 5.41) is 10.1. The van der Waals surface area contributed by atoms with Crippen LogP contribution in [0, 0.1) is 0 Å². The number of pyridine rings is 1. The van der Waals surface area contributed by atoms with Crippen LogP contribution in [-0.4, -0.2) is 43.7 Å². The molecule has 0 fully saturated rings. The van der Waals surface area contributed by atoms with Crippen molar-refractivity contribution in [3.05, 3.63) is 36.0 Å². The van der Waals surface area contributed by atoms with E-state index in [4.69, 9.17) is 11.7 Å². The number of alkyl halides is 3. The number of carbonyl (C=O) groups excluding carboxylic acids is 1. The highest BCUT2D eigenvalue weighted by Gasteiger charge is 2.34. The Bertz CT molecular complexity index is 755. The lowest BCUT2D eigenvalue weighted by Crippen LogP contribution is -2.46. The Morgan fingerprint density at radius 2 is 2.12 bits per heavy atom. The van der Waals surface area contributed by atoms with Crippen molar-refractivity contribution < 1.29 is 18.0 Å². The molecule has 5 N–H and O–H groups in total. The largest absolute Gasteiger partial charge is 0.433 e. The van der Waals surface area contributed by atoms with E-state index in [1.165, 1.54) is 7.05 Å². The van der Waals surface area contributed by atoms with E-state index in [0.717, 1.165) is 28.4 Å². The van der Waals surface area contributed by atoms with Crippen molar-refractivity contribution in [2.24, 2.45) is 16.8 Å². The number of nitrogens with two attached hydrogens (primary N) is 2. The molecule has 0 aromatic carbocycles. The second kappa shape index (κ2) is 6.49. The van der Waals surface area contributed by atoms with Crippen molar-refractivity contribution in [3.8, 4) is 5.82 Å². The summed E-state index contributed by atoms with van der Waals surface area (Å²) in [6.07, 6.45) is -2.50. The molecule has 2 heterocycles. The zero-order valence-electron chi connectivity index (χ0n) is 12.2. The lowest BCUT2D eigenvalue weighted by Gasteiger charge is -2.16. The highest BCUT2D eigenvalue weighted by atomic mass is 19.4. The molecule has 0 atom stereocenters. The van der Waals surface area contributed by atoms with Gasteiger partial charge in [-0.15, -0.1) is 5.10 Å². The van der Waals surface area contributed by atoms with Gasteiger partial charge in [-0.05, 0) is 12.1 Å². The quantitative estimate of drug-likeness (QED) is 0.287. The van der Waals surface area contributed by atoms with E-state index in [1.54, 1.807) is 0 Å². The molecule has 2 aromatic heterocycles. The Morgan fingerprint density at radius 3 is 2.62 bits per heavy atom. The Labute approximate surface area is 132 Å². The molecular weight excluding hydrogens is 331 g/mol. The predicted molar refractivity (Wildman–Crippen MR) is 75.2 cm³/mol. The minimum absolute atomic E-state index is 0.204. The zero-order valence-corrected chi connectivity index (χ0v) is 12.2. The van der Waals surface area contributed by atoms with Gasteiger partial charge in [0.2, 0.25) is 5.96 Å². The number of rotatable bonds is 2. The Hall–Kier alpha value is -3.22. The summed E-state index contributed by atoms with van der Waals surface area (Å²) in [5.74, 6) is 9.08. The summed E-state index contributed by atoms with van der Waals surface area (Å²) in [5.41, 5.74) is -1.40. The summed E-state index contributed by atoms with van der Waals surface area (Å²) in [6.45, 7) is 0. The first-order valence-corrected chi connectivity index (χ1v) is 6.25. The smallest absolute Gasteiger partial charge is 0.320 e. The van der Waals surface area contributed by atoms with Gasteiger partial charge in [-0.2, -0.15) is 18.3 Å². The van der Waals surface area contributed by atoms with E-state index in [-0.39, 0.29) is 17.3 Å². The number of hydrogen-bond donors (Lipinski definition) is 3. The predicted octanol–water partition coefficient (Wildman–Crippen LogP) is -0.554. The summed E-state index contributed by atoms with van der Waals surface area (Å²) in [6, 6.07) is 1.62. The highest BCUT2D eigenvalue weighted by molar-refractivity contribution is 6.07. The number of nitrogens with zero attached hydrogens (tertiary/aromatic N) is 6. The fraction of sp³-hybridized carbons (Fsp3) is 0.182. The van der Waals surface area contributed by atoms with Crippen LogP contribution < -0.4 is 17.0 Å². The van der Waals surface area contributed by atoms with Gasteiger partial charge in [-0.3, -0.25) is 15.1 Å². The molecule has 2 aromatic rings. The molecule has 13 heteroatoms. The molecule has 0 aliphatic carbocycles. The minimum Gasteiger partial charge on any atom is -0.320 e. The first-order valence-electron chi connectivity index (χ1n) is 6.25. The summed E-state index contributed by atoms with van der Waals surface area (Å²) < 4.78 is 39.5. The topological polar surface area (TPSA) is 140 Å². The summed E-state index contributed by atoms with van der Waals surface area (Å²) >= 11 is 0. The molecule has 128 valence electrons. The molecule has 2 rings (SSSR count). The molecule has 0 radical (unpaired) electrons. The van der Waals surface area contributed by atoms with Crippen molar-refractivity contribution in [1.29, 1.82) is 0 Å². The number of amides is 1. The second-order valence-electron chi connectivity index (χ2n) is 4.42.